The number of carbonyl (C=O) groups excluding carboxylic acids is 1. The summed E-state index contributed by atoms with van der Waals surface area (Å²) in [6, 6.07) is 12.3. The van der Waals surface area contributed by atoms with Crippen LogP contribution in [-0.2, 0) is 10.2 Å². The second-order valence-corrected chi connectivity index (χ2v) is 5.13. The molecule has 0 N–H and O–H groups in total. The quantitative estimate of drug-likeness (QED) is 0.761. The normalized spacial score (nSPS) is 17.6. The van der Waals surface area contributed by atoms with Gasteiger partial charge in [-0.1, -0.05) is 36.9 Å². The summed E-state index contributed by atoms with van der Waals surface area (Å²) in [5.74, 6) is -0.000369. The smallest absolute Gasteiger partial charge is 0.248 e. The average Bonchev–Trinajstić information content (AvgIpc) is 2.47. The van der Waals surface area contributed by atoms with E-state index in [1.54, 1.807) is 11.8 Å². The largest absolute Gasteiger partial charge is 0.339 e. The highest BCUT2D eigenvalue weighted by atomic mass is 16.2. The van der Waals surface area contributed by atoms with Crippen molar-refractivity contribution in [2.75, 3.05) is 13.1 Å². The molecule has 1 heterocycles. The maximum Gasteiger partial charge on any atom is 0.248 e. The van der Waals surface area contributed by atoms with Gasteiger partial charge in [-0.2, -0.15) is 5.26 Å². The number of likely N-dealkylation sites (tertiary alicyclic amines) is 1. The van der Waals surface area contributed by atoms with Crippen LogP contribution in [0.2, 0.25) is 0 Å². The Balaban J connectivity index is 2.15. The second-order valence-electron chi connectivity index (χ2n) is 5.13. The molecule has 0 saturated carbocycles. The zero-order valence-electron chi connectivity index (χ0n) is 11.2. The van der Waals surface area contributed by atoms with Crippen LogP contribution in [0.5, 0.6) is 0 Å². The molecule has 0 aromatic heterocycles. The van der Waals surface area contributed by atoms with Crippen LogP contribution < -0.4 is 0 Å². The van der Waals surface area contributed by atoms with Gasteiger partial charge in [-0.05, 0) is 25.3 Å². The van der Waals surface area contributed by atoms with Crippen LogP contribution in [0, 0.1) is 11.3 Å². The SMILES string of the molecule is C=C(C)C(=O)N1CCC(C#N)(c2ccccc2)CC1. The Morgan fingerprint density at radius 3 is 2.37 bits per heavy atom. The number of amides is 1. The highest BCUT2D eigenvalue weighted by Gasteiger charge is 2.37. The molecule has 0 spiro atoms. The number of nitriles is 1. The number of hydrogen-bond donors (Lipinski definition) is 0. The summed E-state index contributed by atoms with van der Waals surface area (Å²) in [6.45, 7) is 6.65. The van der Waals surface area contributed by atoms with Gasteiger partial charge in [0.25, 0.3) is 0 Å². The highest BCUT2D eigenvalue weighted by molar-refractivity contribution is 5.92. The van der Waals surface area contributed by atoms with E-state index >= 15 is 0 Å². The van der Waals surface area contributed by atoms with Crippen LogP contribution in [0.1, 0.15) is 25.3 Å². The maximum atomic E-state index is 11.9. The minimum absolute atomic E-state index is 0.000369. The first-order chi connectivity index (χ1) is 9.09. The minimum atomic E-state index is -0.451. The van der Waals surface area contributed by atoms with Gasteiger partial charge in [0.2, 0.25) is 5.91 Å². The van der Waals surface area contributed by atoms with Gasteiger partial charge in [0.15, 0.2) is 0 Å². The van der Waals surface area contributed by atoms with E-state index in [9.17, 15) is 10.1 Å². The number of nitrogens with zero attached hydrogens (tertiary/aromatic N) is 2. The van der Waals surface area contributed by atoms with Crippen molar-refractivity contribution < 1.29 is 4.79 Å². The predicted molar refractivity (Wildman–Crippen MR) is 74.4 cm³/mol. The summed E-state index contributed by atoms with van der Waals surface area (Å²) in [5, 5.41) is 9.56. The first-order valence-electron chi connectivity index (χ1n) is 6.51. The fourth-order valence-corrected chi connectivity index (χ4v) is 2.58. The third-order valence-corrected chi connectivity index (χ3v) is 3.81. The molecule has 1 aromatic carbocycles. The lowest BCUT2D eigenvalue weighted by molar-refractivity contribution is -0.128. The highest BCUT2D eigenvalue weighted by Crippen LogP contribution is 2.35. The molecule has 98 valence electrons. The molecular weight excluding hydrogens is 236 g/mol. The van der Waals surface area contributed by atoms with Crippen LogP contribution in [0.15, 0.2) is 42.5 Å². The van der Waals surface area contributed by atoms with Gasteiger partial charge >= 0.3 is 0 Å². The molecule has 1 aliphatic rings. The van der Waals surface area contributed by atoms with Crippen LogP contribution in [0.25, 0.3) is 0 Å². The number of benzene rings is 1. The van der Waals surface area contributed by atoms with E-state index in [0.717, 1.165) is 5.56 Å². The van der Waals surface area contributed by atoms with Crippen molar-refractivity contribution in [1.82, 2.24) is 4.90 Å². The first-order valence-corrected chi connectivity index (χ1v) is 6.51. The molecule has 0 unspecified atom stereocenters. The topological polar surface area (TPSA) is 44.1 Å². The molecule has 0 radical (unpaired) electrons. The van der Waals surface area contributed by atoms with Crippen molar-refractivity contribution in [1.29, 1.82) is 5.26 Å². The number of hydrogen-bond acceptors (Lipinski definition) is 2. The lowest BCUT2D eigenvalue weighted by atomic mass is 9.74. The van der Waals surface area contributed by atoms with E-state index < -0.39 is 5.41 Å². The monoisotopic (exact) mass is 254 g/mol. The molecule has 2 rings (SSSR count). The summed E-state index contributed by atoms with van der Waals surface area (Å²) in [6.07, 6.45) is 1.37. The van der Waals surface area contributed by atoms with Gasteiger partial charge in [-0.15, -0.1) is 0 Å². The lowest BCUT2D eigenvalue weighted by Gasteiger charge is -2.37. The minimum Gasteiger partial charge on any atom is -0.339 e. The molecule has 1 aliphatic heterocycles. The van der Waals surface area contributed by atoms with Crippen LogP contribution >= 0.6 is 0 Å². The number of carbonyl (C=O) groups is 1. The van der Waals surface area contributed by atoms with Gasteiger partial charge in [0.1, 0.15) is 0 Å². The molecule has 0 bridgehead atoms. The van der Waals surface area contributed by atoms with Gasteiger partial charge in [-0.3, -0.25) is 4.79 Å². The predicted octanol–water partition coefficient (Wildman–Crippen LogP) is 2.65. The Morgan fingerprint density at radius 1 is 1.32 bits per heavy atom. The Morgan fingerprint density at radius 2 is 1.89 bits per heavy atom. The van der Waals surface area contributed by atoms with E-state index in [2.05, 4.69) is 12.6 Å². The van der Waals surface area contributed by atoms with E-state index in [1.165, 1.54) is 0 Å². The van der Waals surface area contributed by atoms with Crippen LogP contribution in [-0.4, -0.2) is 23.9 Å². The van der Waals surface area contributed by atoms with Gasteiger partial charge in [0, 0.05) is 18.7 Å². The molecule has 1 fully saturated rings. The Labute approximate surface area is 114 Å². The lowest BCUT2D eigenvalue weighted by Crippen LogP contribution is -2.44. The Hall–Kier alpha value is -2.08. The van der Waals surface area contributed by atoms with Crippen molar-refractivity contribution in [3.8, 4) is 6.07 Å². The molecule has 3 heteroatoms. The number of piperidine rings is 1. The van der Waals surface area contributed by atoms with Crippen LogP contribution in [0.4, 0.5) is 0 Å². The Bertz CT molecular complexity index is 519. The fraction of sp³-hybridized carbons (Fsp3) is 0.375. The third-order valence-electron chi connectivity index (χ3n) is 3.81. The molecule has 0 atom stereocenters. The molecule has 19 heavy (non-hydrogen) atoms. The summed E-state index contributed by atoms with van der Waals surface area (Å²) in [5.41, 5.74) is 1.16. The third kappa shape index (κ3) is 2.53. The van der Waals surface area contributed by atoms with E-state index in [4.69, 9.17) is 0 Å². The summed E-state index contributed by atoms with van der Waals surface area (Å²) >= 11 is 0. The van der Waals surface area contributed by atoms with E-state index in [0.29, 0.717) is 31.5 Å². The maximum absolute atomic E-state index is 11.9. The molecule has 1 amide bonds. The second kappa shape index (κ2) is 5.27. The van der Waals surface area contributed by atoms with Crippen molar-refractivity contribution >= 4 is 5.91 Å². The first kappa shape index (κ1) is 13.4. The van der Waals surface area contributed by atoms with Crippen molar-refractivity contribution in [3.05, 3.63) is 48.0 Å². The van der Waals surface area contributed by atoms with E-state index in [1.807, 2.05) is 30.3 Å². The molecular formula is C16H18N2O. The Kier molecular flexibility index (Phi) is 3.71. The van der Waals surface area contributed by atoms with Crippen LogP contribution in [0.3, 0.4) is 0 Å². The molecule has 1 aromatic rings. The summed E-state index contributed by atoms with van der Waals surface area (Å²) in [4.78, 5) is 13.7. The average molecular weight is 254 g/mol. The molecule has 1 saturated heterocycles. The summed E-state index contributed by atoms with van der Waals surface area (Å²) < 4.78 is 0. The van der Waals surface area contributed by atoms with Crippen molar-refractivity contribution in [3.63, 3.8) is 0 Å². The molecule has 3 nitrogen and oxygen atoms in total. The zero-order chi connectivity index (χ0) is 13.9. The summed E-state index contributed by atoms with van der Waals surface area (Å²) in [7, 11) is 0. The van der Waals surface area contributed by atoms with E-state index in [-0.39, 0.29) is 5.91 Å². The zero-order valence-corrected chi connectivity index (χ0v) is 11.2. The molecule has 0 aliphatic carbocycles. The van der Waals surface area contributed by atoms with Gasteiger partial charge < -0.3 is 4.90 Å². The number of rotatable bonds is 2. The van der Waals surface area contributed by atoms with Crippen molar-refractivity contribution in [2.24, 2.45) is 0 Å². The fourth-order valence-electron chi connectivity index (χ4n) is 2.58. The standard InChI is InChI=1S/C16H18N2O/c1-13(2)15(19)18-10-8-16(12-17,9-11-18)14-6-4-3-5-7-14/h3-7H,1,8-11H2,2H3. The van der Waals surface area contributed by atoms with Gasteiger partial charge in [-0.25, -0.2) is 0 Å². The van der Waals surface area contributed by atoms with Gasteiger partial charge in [0.05, 0.1) is 11.5 Å². The van der Waals surface area contributed by atoms with Crippen molar-refractivity contribution in [2.45, 2.75) is 25.2 Å².